The Morgan fingerprint density at radius 1 is 1.12 bits per heavy atom. The second-order valence-corrected chi connectivity index (χ2v) is 8.43. The molecular weight excluding hydrogens is 420 g/mol. The molecule has 2 aromatic carbocycles. The van der Waals surface area contributed by atoms with E-state index in [1.807, 2.05) is 56.3 Å². The van der Waals surface area contributed by atoms with Gasteiger partial charge in [0.2, 0.25) is 5.91 Å². The van der Waals surface area contributed by atoms with Gasteiger partial charge in [-0.15, -0.1) is 0 Å². The average Bonchev–Trinajstić information content (AvgIpc) is 3.23. The number of methoxy groups -OCH3 is 1. The largest absolute Gasteiger partial charge is 0.464 e. The second kappa shape index (κ2) is 8.54. The Bertz CT molecular complexity index is 1230. The summed E-state index contributed by atoms with van der Waals surface area (Å²) in [6.07, 6.45) is 1.40. The van der Waals surface area contributed by atoms with Crippen molar-refractivity contribution in [3.05, 3.63) is 82.9 Å². The number of para-hydroxylation sites is 1. The Hall–Kier alpha value is -3.94. The van der Waals surface area contributed by atoms with Crippen molar-refractivity contribution in [3.63, 3.8) is 0 Å². The summed E-state index contributed by atoms with van der Waals surface area (Å²) in [5, 5.41) is 2.98. The number of fused-ring (bicyclic) bond motifs is 1. The van der Waals surface area contributed by atoms with Gasteiger partial charge in [0.1, 0.15) is 11.2 Å². The third-order valence-corrected chi connectivity index (χ3v) is 6.01. The van der Waals surface area contributed by atoms with E-state index in [1.165, 1.54) is 18.3 Å². The van der Waals surface area contributed by atoms with E-state index in [0.29, 0.717) is 12.2 Å². The third kappa shape index (κ3) is 3.88. The predicted molar refractivity (Wildman–Crippen MR) is 123 cm³/mol. The van der Waals surface area contributed by atoms with Crippen LogP contribution in [0.4, 0.5) is 5.69 Å². The number of imidazole rings is 1. The zero-order chi connectivity index (χ0) is 23.8. The molecule has 1 N–H and O–H groups in total. The minimum Gasteiger partial charge on any atom is -0.464 e. The van der Waals surface area contributed by atoms with Gasteiger partial charge in [0.05, 0.1) is 20.0 Å². The molecule has 2 heterocycles. The summed E-state index contributed by atoms with van der Waals surface area (Å²) < 4.78 is 6.35. The number of aryl methyl sites for hydroxylation is 2. The molecule has 0 aliphatic carbocycles. The van der Waals surface area contributed by atoms with Crippen molar-refractivity contribution in [1.29, 1.82) is 0 Å². The van der Waals surface area contributed by atoms with Crippen molar-refractivity contribution in [2.75, 3.05) is 12.0 Å². The van der Waals surface area contributed by atoms with Crippen LogP contribution in [0.1, 0.15) is 44.6 Å². The lowest BCUT2D eigenvalue weighted by atomic mass is 9.92. The molecule has 4 rings (SSSR count). The smallest absolute Gasteiger partial charge is 0.359 e. The number of nitrogens with zero attached hydrogens (tertiary/aromatic N) is 3. The van der Waals surface area contributed by atoms with Crippen LogP contribution in [0.25, 0.3) is 0 Å². The molecule has 8 heteroatoms. The molecule has 1 unspecified atom stereocenters. The van der Waals surface area contributed by atoms with Crippen molar-refractivity contribution in [2.45, 2.75) is 39.4 Å². The van der Waals surface area contributed by atoms with E-state index in [1.54, 1.807) is 17.6 Å². The van der Waals surface area contributed by atoms with Gasteiger partial charge in [0.15, 0.2) is 5.69 Å². The van der Waals surface area contributed by atoms with E-state index in [2.05, 4.69) is 10.3 Å². The number of rotatable bonds is 5. The highest BCUT2D eigenvalue weighted by atomic mass is 16.5. The molecule has 0 bridgehead atoms. The number of carbonyl (C=O) groups is 3. The molecule has 0 radical (unpaired) electrons. The molecule has 0 saturated heterocycles. The summed E-state index contributed by atoms with van der Waals surface area (Å²) in [5.74, 6) is -1.49. The summed E-state index contributed by atoms with van der Waals surface area (Å²) >= 11 is 0. The van der Waals surface area contributed by atoms with Gasteiger partial charge in [0.25, 0.3) is 5.91 Å². The molecule has 1 aromatic heterocycles. The number of ether oxygens (including phenoxy) is 1. The number of esters is 1. The quantitative estimate of drug-likeness (QED) is 0.608. The van der Waals surface area contributed by atoms with Crippen molar-refractivity contribution >= 4 is 23.5 Å². The molecular formula is C25H26N4O4. The lowest BCUT2D eigenvalue weighted by Gasteiger charge is -2.44. The molecule has 3 aromatic rings. The Morgan fingerprint density at radius 2 is 1.82 bits per heavy atom. The van der Waals surface area contributed by atoms with Crippen LogP contribution >= 0.6 is 0 Å². The molecule has 1 aliphatic rings. The normalized spacial score (nSPS) is 17.5. The highest BCUT2D eigenvalue weighted by Gasteiger charge is 2.50. The Kier molecular flexibility index (Phi) is 5.76. The maximum atomic E-state index is 13.8. The molecule has 1 aliphatic heterocycles. The molecule has 0 spiro atoms. The molecule has 1 atom stereocenters. The van der Waals surface area contributed by atoms with E-state index in [-0.39, 0.29) is 23.8 Å². The fourth-order valence-electron chi connectivity index (χ4n) is 4.15. The maximum absolute atomic E-state index is 13.8. The third-order valence-electron chi connectivity index (χ3n) is 6.01. The Balaban J connectivity index is 1.75. The van der Waals surface area contributed by atoms with Crippen molar-refractivity contribution in [1.82, 2.24) is 14.9 Å². The SMILES string of the molecule is COC(=O)c1ncn2c1C(=O)N(c1ccccc1C)C(C)(C(=O)NCc1ccc(C)cc1)C2. The number of nitrogens with one attached hydrogen (secondary N) is 1. The maximum Gasteiger partial charge on any atom is 0.359 e. The summed E-state index contributed by atoms with van der Waals surface area (Å²) in [6, 6.07) is 15.2. The van der Waals surface area contributed by atoms with Gasteiger partial charge in [0, 0.05) is 12.2 Å². The molecule has 0 saturated carbocycles. The summed E-state index contributed by atoms with van der Waals surface area (Å²) in [6.45, 7) is 6.06. The zero-order valence-electron chi connectivity index (χ0n) is 19.1. The number of hydrogen-bond acceptors (Lipinski definition) is 5. The fraction of sp³-hybridized carbons (Fsp3) is 0.280. The Labute approximate surface area is 192 Å². The lowest BCUT2D eigenvalue weighted by Crippen LogP contribution is -2.64. The van der Waals surface area contributed by atoms with Crippen molar-refractivity contribution in [3.8, 4) is 0 Å². The minimum absolute atomic E-state index is 0.0665. The van der Waals surface area contributed by atoms with Crippen molar-refractivity contribution in [2.24, 2.45) is 0 Å². The van der Waals surface area contributed by atoms with E-state index in [0.717, 1.165) is 16.7 Å². The number of anilines is 1. The van der Waals surface area contributed by atoms with Crippen LogP contribution in [-0.4, -0.2) is 40.0 Å². The van der Waals surface area contributed by atoms with Crippen LogP contribution in [0, 0.1) is 13.8 Å². The molecule has 0 fully saturated rings. The van der Waals surface area contributed by atoms with Crippen LogP contribution in [0.5, 0.6) is 0 Å². The van der Waals surface area contributed by atoms with E-state index >= 15 is 0 Å². The van der Waals surface area contributed by atoms with Gasteiger partial charge in [-0.1, -0.05) is 48.0 Å². The van der Waals surface area contributed by atoms with Gasteiger partial charge < -0.3 is 14.6 Å². The fourth-order valence-corrected chi connectivity index (χ4v) is 4.15. The summed E-state index contributed by atoms with van der Waals surface area (Å²) in [4.78, 5) is 45.2. The van der Waals surface area contributed by atoms with E-state index < -0.39 is 17.4 Å². The standard InChI is InChI=1S/C25H26N4O4/c1-16-9-11-18(12-10-16)13-26-24(32)25(3)14-28-15-27-20(23(31)33-4)21(28)22(30)29(25)19-8-6-5-7-17(19)2/h5-12,15H,13-14H2,1-4H3,(H,26,32). The molecule has 170 valence electrons. The first-order valence-corrected chi connectivity index (χ1v) is 10.6. The molecule has 33 heavy (non-hydrogen) atoms. The summed E-state index contributed by atoms with van der Waals surface area (Å²) in [7, 11) is 1.24. The Morgan fingerprint density at radius 3 is 2.48 bits per heavy atom. The first-order valence-electron chi connectivity index (χ1n) is 10.6. The zero-order valence-corrected chi connectivity index (χ0v) is 19.1. The number of amides is 2. The highest BCUT2D eigenvalue weighted by molar-refractivity contribution is 6.15. The first kappa shape index (κ1) is 22.3. The van der Waals surface area contributed by atoms with Gasteiger partial charge in [-0.25, -0.2) is 9.78 Å². The van der Waals surface area contributed by atoms with Crippen LogP contribution in [0.3, 0.4) is 0 Å². The summed E-state index contributed by atoms with van der Waals surface area (Å²) in [5.41, 5.74) is 2.30. The van der Waals surface area contributed by atoms with Gasteiger partial charge in [-0.2, -0.15) is 0 Å². The minimum atomic E-state index is -1.25. The van der Waals surface area contributed by atoms with Crippen LogP contribution in [0.2, 0.25) is 0 Å². The average molecular weight is 447 g/mol. The van der Waals surface area contributed by atoms with Gasteiger partial charge in [-0.3, -0.25) is 14.5 Å². The van der Waals surface area contributed by atoms with Crippen LogP contribution in [-0.2, 0) is 22.6 Å². The number of hydrogen-bond donors (Lipinski definition) is 1. The van der Waals surface area contributed by atoms with Crippen molar-refractivity contribution < 1.29 is 19.1 Å². The molecule has 2 amide bonds. The second-order valence-electron chi connectivity index (χ2n) is 8.43. The number of carbonyl (C=O) groups excluding carboxylic acids is 3. The number of aromatic nitrogens is 2. The molecule has 8 nitrogen and oxygen atoms in total. The van der Waals surface area contributed by atoms with E-state index in [9.17, 15) is 14.4 Å². The predicted octanol–water partition coefficient (Wildman–Crippen LogP) is 3.02. The number of benzene rings is 2. The van der Waals surface area contributed by atoms with Gasteiger partial charge >= 0.3 is 5.97 Å². The highest BCUT2D eigenvalue weighted by Crippen LogP contribution is 2.35. The van der Waals surface area contributed by atoms with Gasteiger partial charge in [-0.05, 0) is 38.0 Å². The van der Waals surface area contributed by atoms with E-state index in [4.69, 9.17) is 4.74 Å². The first-order chi connectivity index (χ1) is 15.8. The topological polar surface area (TPSA) is 93.5 Å². The van der Waals surface area contributed by atoms with Crippen LogP contribution in [0.15, 0.2) is 54.9 Å². The lowest BCUT2D eigenvalue weighted by molar-refractivity contribution is -0.126. The monoisotopic (exact) mass is 446 g/mol. The van der Waals surface area contributed by atoms with Crippen LogP contribution < -0.4 is 10.2 Å².